The topological polar surface area (TPSA) is 29.1 Å². The zero-order chi connectivity index (χ0) is 15.6. The molecule has 6 heteroatoms. The van der Waals surface area contributed by atoms with E-state index in [4.69, 9.17) is 0 Å². The summed E-state index contributed by atoms with van der Waals surface area (Å²) in [5, 5.41) is 2.32. The van der Waals surface area contributed by atoms with Crippen LogP contribution >= 0.6 is 15.9 Å². The third-order valence-corrected chi connectivity index (χ3v) is 3.42. The number of para-hydroxylation sites is 1. The Morgan fingerprint density at radius 2 is 1.81 bits per heavy atom. The van der Waals surface area contributed by atoms with Crippen molar-refractivity contribution in [3.63, 3.8) is 0 Å². The van der Waals surface area contributed by atoms with Crippen molar-refractivity contribution in [2.75, 3.05) is 5.32 Å². The molecule has 0 atom stereocenters. The van der Waals surface area contributed by atoms with Gasteiger partial charge in [0.05, 0.1) is 11.3 Å². The number of carbonyl (C=O) groups is 1. The average molecular weight is 358 g/mol. The van der Waals surface area contributed by atoms with Crippen LogP contribution in [0.1, 0.15) is 21.5 Å². The van der Waals surface area contributed by atoms with E-state index >= 15 is 0 Å². The van der Waals surface area contributed by atoms with E-state index in [1.807, 2.05) is 0 Å². The summed E-state index contributed by atoms with van der Waals surface area (Å²) in [4.78, 5) is 12.2. The SMILES string of the molecule is Cc1ccc(Br)cc1C(=O)Nc1ccccc1C(F)(F)F. The molecule has 110 valence electrons. The van der Waals surface area contributed by atoms with Crippen molar-refractivity contribution in [2.45, 2.75) is 13.1 Å². The zero-order valence-corrected chi connectivity index (χ0v) is 12.5. The van der Waals surface area contributed by atoms with Gasteiger partial charge in [0, 0.05) is 10.0 Å². The molecule has 0 spiro atoms. The lowest BCUT2D eigenvalue weighted by molar-refractivity contribution is -0.136. The maximum Gasteiger partial charge on any atom is 0.418 e. The predicted octanol–water partition coefficient (Wildman–Crippen LogP) is 5.03. The Kier molecular flexibility index (Phi) is 4.37. The standard InChI is InChI=1S/C15H11BrF3NO/c1-9-6-7-10(16)8-11(9)14(21)20-13-5-3-2-4-12(13)15(17,18)19/h2-8H,1H3,(H,20,21). The van der Waals surface area contributed by atoms with Crippen molar-refractivity contribution in [1.29, 1.82) is 0 Å². The molecule has 0 saturated carbocycles. The second-order valence-electron chi connectivity index (χ2n) is 4.46. The molecule has 0 aromatic heterocycles. The summed E-state index contributed by atoms with van der Waals surface area (Å²) in [7, 11) is 0. The summed E-state index contributed by atoms with van der Waals surface area (Å²) in [5.41, 5.74) is -0.123. The van der Waals surface area contributed by atoms with E-state index in [1.54, 1.807) is 25.1 Å². The normalized spacial score (nSPS) is 11.3. The molecule has 2 nitrogen and oxygen atoms in total. The first-order valence-corrected chi connectivity index (χ1v) is 6.82. The molecule has 0 aliphatic heterocycles. The van der Waals surface area contributed by atoms with Gasteiger partial charge in [0.1, 0.15) is 0 Å². The first-order chi connectivity index (χ1) is 9.79. The fraction of sp³-hybridized carbons (Fsp3) is 0.133. The molecule has 2 aromatic carbocycles. The predicted molar refractivity (Wildman–Crippen MR) is 78.3 cm³/mol. The number of anilines is 1. The summed E-state index contributed by atoms with van der Waals surface area (Å²) in [5.74, 6) is -0.578. The summed E-state index contributed by atoms with van der Waals surface area (Å²) in [6, 6.07) is 9.93. The minimum atomic E-state index is -4.52. The number of aryl methyl sites for hydroxylation is 1. The highest BCUT2D eigenvalue weighted by Crippen LogP contribution is 2.34. The number of hydrogen-bond acceptors (Lipinski definition) is 1. The van der Waals surface area contributed by atoms with Crippen LogP contribution in [0.4, 0.5) is 18.9 Å². The fourth-order valence-corrected chi connectivity index (χ4v) is 2.23. The molecule has 0 heterocycles. The van der Waals surface area contributed by atoms with Crippen LogP contribution in [0.5, 0.6) is 0 Å². The van der Waals surface area contributed by atoms with Gasteiger partial charge in [-0.3, -0.25) is 4.79 Å². The molecular weight excluding hydrogens is 347 g/mol. The molecule has 21 heavy (non-hydrogen) atoms. The number of amides is 1. The largest absolute Gasteiger partial charge is 0.418 e. The summed E-state index contributed by atoms with van der Waals surface area (Å²) >= 11 is 3.24. The number of hydrogen-bond donors (Lipinski definition) is 1. The second kappa shape index (κ2) is 5.89. The molecule has 0 aliphatic rings. The van der Waals surface area contributed by atoms with Gasteiger partial charge in [0.15, 0.2) is 0 Å². The first-order valence-electron chi connectivity index (χ1n) is 6.03. The van der Waals surface area contributed by atoms with Crippen LogP contribution in [0.3, 0.4) is 0 Å². The molecule has 0 unspecified atom stereocenters. The summed E-state index contributed by atoms with van der Waals surface area (Å²) < 4.78 is 39.3. The lowest BCUT2D eigenvalue weighted by Crippen LogP contribution is -2.17. The molecule has 1 N–H and O–H groups in total. The molecule has 2 rings (SSSR count). The van der Waals surface area contributed by atoms with Crippen molar-refractivity contribution in [3.8, 4) is 0 Å². The lowest BCUT2D eigenvalue weighted by atomic mass is 10.1. The van der Waals surface area contributed by atoms with Gasteiger partial charge in [-0.15, -0.1) is 0 Å². The third kappa shape index (κ3) is 3.64. The van der Waals surface area contributed by atoms with Gasteiger partial charge in [-0.2, -0.15) is 13.2 Å². The van der Waals surface area contributed by atoms with Crippen molar-refractivity contribution < 1.29 is 18.0 Å². The monoisotopic (exact) mass is 357 g/mol. The van der Waals surface area contributed by atoms with Gasteiger partial charge < -0.3 is 5.32 Å². The van der Waals surface area contributed by atoms with Gasteiger partial charge in [0.25, 0.3) is 5.91 Å². The number of rotatable bonds is 2. The van der Waals surface area contributed by atoms with Gasteiger partial charge in [-0.25, -0.2) is 0 Å². The lowest BCUT2D eigenvalue weighted by Gasteiger charge is -2.14. The van der Waals surface area contributed by atoms with E-state index in [9.17, 15) is 18.0 Å². The Balaban J connectivity index is 2.35. The van der Waals surface area contributed by atoms with E-state index in [2.05, 4.69) is 21.2 Å². The second-order valence-corrected chi connectivity index (χ2v) is 5.37. The molecule has 0 fully saturated rings. The van der Waals surface area contributed by atoms with Crippen molar-refractivity contribution >= 4 is 27.5 Å². The Hall–Kier alpha value is -1.82. The third-order valence-electron chi connectivity index (χ3n) is 2.92. The van der Waals surface area contributed by atoms with E-state index in [0.29, 0.717) is 15.6 Å². The molecule has 2 aromatic rings. The van der Waals surface area contributed by atoms with E-state index in [-0.39, 0.29) is 5.69 Å². The Morgan fingerprint density at radius 3 is 2.48 bits per heavy atom. The van der Waals surface area contributed by atoms with Crippen molar-refractivity contribution in [3.05, 3.63) is 63.6 Å². The van der Waals surface area contributed by atoms with Gasteiger partial charge >= 0.3 is 6.18 Å². The van der Waals surface area contributed by atoms with Crippen LogP contribution in [0.25, 0.3) is 0 Å². The van der Waals surface area contributed by atoms with Crippen LogP contribution in [-0.4, -0.2) is 5.91 Å². The van der Waals surface area contributed by atoms with Gasteiger partial charge in [-0.1, -0.05) is 34.1 Å². The van der Waals surface area contributed by atoms with Gasteiger partial charge in [-0.05, 0) is 36.8 Å². The highest BCUT2D eigenvalue weighted by atomic mass is 79.9. The maximum absolute atomic E-state index is 12.9. The molecule has 1 amide bonds. The Morgan fingerprint density at radius 1 is 1.14 bits per heavy atom. The molecule has 0 aliphatic carbocycles. The van der Waals surface area contributed by atoms with E-state index < -0.39 is 17.6 Å². The zero-order valence-electron chi connectivity index (χ0n) is 11.0. The van der Waals surface area contributed by atoms with Gasteiger partial charge in [0.2, 0.25) is 0 Å². The molecule has 0 radical (unpaired) electrons. The summed E-state index contributed by atoms with van der Waals surface area (Å²) in [6.45, 7) is 1.72. The van der Waals surface area contributed by atoms with Crippen molar-refractivity contribution in [2.24, 2.45) is 0 Å². The average Bonchev–Trinajstić information content (AvgIpc) is 2.41. The highest BCUT2D eigenvalue weighted by molar-refractivity contribution is 9.10. The Bertz CT molecular complexity index is 683. The van der Waals surface area contributed by atoms with Crippen LogP contribution in [0.2, 0.25) is 0 Å². The summed E-state index contributed by atoms with van der Waals surface area (Å²) in [6.07, 6.45) is -4.52. The van der Waals surface area contributed by atoms with E-state index in [0.717, 1.165) is 6.07 Å². The fourth-order valence-electron chi connectivity index (χ4n) is 1.87. The minimum Gasteiger partial charge on any atom is -0.321 e. The molecular formula is C15H11BrF3NO. The van der Waals surface area contributed by atoms with E-state index in [1.165, 1.54) is 18.2 Å². The van der Waals surface area contributed by atoms with Crippen molar-refractivity contribution in [1.82, 2.24) is 0 Å². The number of alkyl halides is 3. The molecule has 0 saturated heterocycles. The smallest absolute Gasteiger partial charge is 0.321 e. The minimum absolute atomic E-state index is 0.255. The van der Waals surface area contributed by atoms with Crippen LogP contribution in [0, 0.1) is 6.92 Å². The van der Waals surface area contributed by atoms with Crippen LogP contribution in [-0.2, 0) is 6.18 Å². The molecule has 0 bridgehead atoms. The number of benzene rings is 2. The van der Waals surface area contributed by atoms with Crippen LogP contribution < -0.4 is 5.32 Å². The highest BCUT2D eigenvalue weighted by Gasteiger charge is 2.33. The quantitative estimate of drug-likeness (QED) is 0.802. The Labute approximate surface area is 128 Å². The van der Waals surface area contributed by atoms with Crippen LogP contribution in [0.15, 0.2) is 46.9 Å². The number of nitrogens with one attached hydrogen (secondary N) is 1. The first kappa shape index (κ1) is 15.6. The number of halogens is 4. The number of carbonyl (C=O) groups excluding carboxylic acids is 1. The maximum atomic E-state index is 12.9.